The highest BCUT2D eigenvalue weighted by atomic mass is 19.1. The van der Waals surface area contributed by atoms with E-state index in [9.17, 15) is 9.18 Å². The minimum atomic E-state index is -0.362. The molecular weight excluding hydrogens is 159 g/mol. The topological polar surface area (TPSA) is 23.6 Å². The number of carbonyl (C=O) groups is 1. The summed E-state index contributed by atoms with van der Waals surface area (Å²) >= 11 is 0. The van der Waals surface area contributed by atoms with Gasteiger partial charge in [0.05, 0.1) is 6.54 Å². The van der Waals surface area contributed by atoms with Crippen molar-refractivity contribution >= 4 is 5.91 Å². The van der Waals surface area contributed by atoms with Crippen LogP contribution in [0.3, 0.4) is 0 Å². The monoisotopic (exact) mass is 174 g/mol. The third kappa shape index (κ3) is 2.17. The minimum absolute atomic E-state index is 0.122. The summed E-state index contributed by atoms with van der Waals surface area (Å²) in [7, 11) is 0. The predicted octanol–water partition coefficient (Wildman–Crippen LogP) is 0.120. The zero-order chi connectivity index (χ0) is 8.97. The summed E-state index contributed by atoms with van der Waals surface area (Å²) in [6, 6.07) is 0. The number of hydrogen-bond acceptors (Lipinski definition) is 2. The normalized spacial score (nSPS) is 20.2. The number of rotatable bonds is 3. The van der Waals surface area contributed by atoms with Crippen molar-refractivity contribution in [1.29, 1.82) is 0 Å². The highest BCUT2D eigenvalue weighted by Gasteiger charge is 2.21. The molecule has 70 valence electrons. The number of hydrogen-bond donors (Lipinski definition) is 0. The van der Waals surface area contributed by atoms with E-state index in [0.29, 0.717) is 13.1 Å². The smallest absolute Gasteiger partial charge is 0.236 e. The second kappa shape index (κ2) is 4.40. The first-order valence-electron chi connectivity index (χ1n) is 4.34. The molecule has 0 aromatic heterocycles. The molecule has 12 heavy (non-hydrogen) atoms. The van der Waals surface area contributed by atoms with Crippen molar-refractivity contribution in [3.05, 3.63) is 0 Å². The Balaban J connectivity index is 2.35. The van der Waals surface area contributed by atoms with Crippen LogP contribution in [-0.4, -0.2) is 55.1 Å². The van der Waals surface area contributed by atoms with E-state index in [4.69, 9.17) is 0 Å². The lowest BCUT2D eigenvalue weighted by Crippen LogP contribution is -2.50. The lowest BCUT2D eigenvalue weighted by atomic mass is 10.3. The SMILES string of the molecule is CCN1CCN(CCF)CC1=O. The molecule has 0 saturated carbocycles. The first-order chi connectivity index (χ1) is 5.77. The number of amides is 1. The van der Waals surface area contributed by atoms with Gasteiger partial charge < -0.3 is 4.90 Å². The van der Waals surface area contributed by atoms with E-state index in [1.54, 1.807) is 4.90 Å². The van der Waals surface area contributed by atoms with Crippen LogP contribution < -0.4 is 0 Å². The molecule has 0 bridgehead atoms. The van der Waals surface area contributed by atoms with Gasteiger partial charge in [-0.05, 0) is 6.92 Å². The number of likely N-dealkylation sites (N-methyl/N-ethyl adjacent to an activating group) is 1. The molecule has 1 aliphatic heterocycles. The van der Waals surface area contributed by atoms with Gasteiger partial charge >= 0.3 is 0 Å². The van der Waals surface area contributed by atoms with Gasteiger partial charge in [-0.25, -0.2) is 4.39 Å². The summed E-state index contributed by atoms with van der Waals surface area (Å²) in [6.07, 6.45) is 0. The van der Waals surface area contributed by atoms with E-state index in [-0.39, 0.29) is 12.6 Å². The fraction of sp³-hybridized carbons (Fsp3) is 0.875. The van der Waals surface area contributed by atoms with Gasteiger partial charge in [0.1, 0.15) is 6.67 Å². The molecule has 1 aliphatic rings. The third-order valence-electron chi connectivity index (χ3n) is 2.18. The first kappa shape index (κ1) is 9.45. The first-order valence-corrected chi connectivity index (χ1v) is 4.34. The zero-order valence-corrected chi connectivity index (χ0v) is 7.42. The van der Waals surface area contributed by atoms with Crippen molar-refractivity contribution in [2.45, 2.75) is 6.92 Å². The van der Waals surface area contributed by atoms with Crippen LogP contribution in [0.4, 0.5) is 4.39 Å². The Morgan fingerprint density at radius 1 is 1.50 bits per heavy atom. The zero-order valence-electron chi connectivity index (χ0n) is 7.42. The summed E-state index contributed by atoms with van der Waals surface area (Å²) in [5, 5.41) is 0. The Morgan fingerprint density at radius 3 is 2.75 bits per heavy atom. The van der Waals surface area contributed by atoms with Gasteiger partial charge in [-0.15, -0.1) is 0 Å². The molecule has 0 aromatic carbocycles. The molecule has 0 unspecified atom stereocenters. The fourth-order valence-corrected chi connectivity index (χ4v) is 1.40. The second-order valence-electron chi connectivity index (χ2n) is 2.94. The van der Waals surface area contributed by atoms with E-state index >= 15 is 0 Å². The Bertz CT molecular complexity index is 163. The number of nitrogens with zero attached hydrogens (tertiary/aromatic N) is 2. The van der Waals surface area contributed by atoms with Crippen LogP contribution in [0.15, 0.2) is 0 Å². The number of carbonyl (C=O) groups excluding carboxylic acids is 1. The van der Waals surface area contributed by atoms with Crippen LogP contribution >= 0.6 is 0 Å². The van der Waals surface area contributed by atoms with Crippen molar-refractivity contribution in [1.82, 2.24) is 9.80 Å². The highest BCUT2D eigenvalue weighted by Crippen LogP contribution is 2.01. The third-order valence-corrected chi connectivity index (χ3v) is 2.18. The number of piperazine rings is 1. The van der Waals surface area contributed by atoms with Gasteiger partial charge in [-0.1, -0.05) is 0 Å². The van der Waals surface area contributed by atoms with Gasteiger partial charge in [0.15, 0.2) is 0 Å². The molecule has 1 amide bonds. The molecule has 1 saturated heterocycles. The molecule has 1 rings (SSSR count). The van der Waals surface area contributed by atoms with Crippen LogP contribution in [0.25, 0.3) is 0 Å². The average molecular weight is 174 g/mol. The summed E-state index contributed by atoms with van der Waals surface area (Å²) in [5.74, 6) is 0.122. The summed E-state index contributed by atoms with van der Waals surface area (Å²) < 4.78 is 11.9. The van der Waals surface area contributed by atoms with Crippen molar-refractivity contribution in [2.24, 2.45) is 0 Å². The van der Waals surface area contributed by atoms with E-state index in [1.165, 1.54) is 0 Å². The van der Waals surface area contributed by atoms with E-state index in [1.807, 2.05) is 11.8 Å². The van der Waals surface area contributed by atoms with Gasteiger partial charge in [-0.2, -0.15) is 0 Å². The van der Waals surface area contributed by atoms with E-state index < -0.39 is 0 Å². The maximum Gasteiger partial charge on any atom is 0.236 e. The molecule has 0 aliphatic carbocycles. The van der Waals surface area contributed by atoms with Crippen LogP contribution in [0, 0.1) is 0 Å². The van der Waals surface area contributed by atoms with Crippen LogP contribution in [0.2, 0.25) is 0 Å². The van der Waals surface area contributed by atoms with Crippen LogP contribution in [-0.2, 0) is 4.79 Å². The molecular formula is C8H15FN2O. The van der Waals surface area contributed by atoms with Gasteiger partial charge in [-0.3, -0.25) is 9.69 Å². The summed E-state index contributed by atoms with van der Waals surface area (Å²) in [5.41, 5.74) is 0. The van der Waals surface area contributed by atoms with E-state index in [2.05, 4.69) is 0 Å². The number of halogens is 1. The van der Waals surface area contributed by atoms with Crippen molar-refractivity contribution < 1.29 is 9.18 Å². The van der Waals surface area contributed by atoms with Crippen molar-refractivity contribution in [3.8, 4) is 0 Å². The molecule has 0 atom stereocenters. The second-order valence-corrected chi connectivity index (χ2v) is 2.94. The van der Waals surface area contributed by atoms with Gasteiger partial charge in [0, 0.05) is 26.2 Å². The van der Waals surface area contributed by atoms with Crippen molar-refractivity contribution in [3.63, 3.8) is 0 Å². The Morgan fingerprint density at radius 2 is 2.25 bits per heavy atom. The number of alkyl halides is 1. The maximum absolute atomic E-state index is 11.9. The highest BCUT2D eigenvalue weighted by molar-refractivity contribution is 5.78. The molecule has 0 spiro atoms. The Labute approximate surface area is 72.1 Å². The van der Waals surface area contributed by atoms with Gasteiger partial charge in [0.25, 0.3) is 0 Å². The largest absolute Gasteiger partial charge is 0.341 e. The molecule has 0 aromatic rings. The summed E-state index contributed by atoms with van der Waals surface area (Å²) in [6.45, 7) is 4.70. The molecule has 0 N–H and O–H groups in total. The van der Waals surface area contributed by atoms with Crippen LogP contribution in [0.1, 0.15) is 6.92 Å². The standard InChI is InChI=1S/C8H15FN2O/c1-2-11-6-5-10(4-3-9)7-8(11)12/h2-7H2,1H3. The Kier molecular flexibility index (Phi) is 3.47. The summed E-state index contributed by atoms with van der Waals surface area (Å²) in [4.78, 5) is 14.9. The molecule has 1 fully saturated rings. The van der Waals surface area contributed by atoms with Crippen LogP contribution in [0.5, 0.6) is 0 Å². The minimum Gasteiger partial charge on any atom is -0.341 e. The van der Waals surface area contributed by atoms with E-state index in [0.717, 1.165) is 19.6 Å². The average Bonchev–Trinajstić information content (AvgIpc) is 2.05. The molecule has 4 heteroatoms. The quantitative estimate of drug-likeness (QED) is 0.606. The molecule has 0 radical (unpaired) electrons. The van der Waals surface area contributed by atoms with Gasteiger partial charge in [0.2, 0.25) is 5.91 Å². The molecule has 1 heterocycles. The predicted molar refractivity (Wildman–Crippen MR) is 44.7 cm³/mol. The molecule has 3 nitrogen and oxygen atoms in total. The lowest BCUT2D eigenvalue weighted by molar-refractivity contribution is -0.135. The Hall–Kier alpha value is -0.640. The van der Waals surface area contributed by atoms with Crippen molar-refractivity contribution in [2.75, 3.05) is 39.4 Å². The maximum atomic E-state index is 11.9. The lowest BCUT2D eigenvalue weighted by Gasteiger charge is -2.32. The fourth-order valence-electron chi connectivity index (χ4n) is 1.40.